The van der Waals surface area contributed by atoms with Crippen LogP contribution >= 0.6 is 0 Å². The SMILES string of the molecule is Cc1ccc(C(=O)NCCNc2ccccc2[N+](=O)[O-])c(C)c1. The third-order valence-corrected chi connectivity index (χ3v) is 3.45. The number of amides is 1. The maximum Gasteiger partial charge on any atom is 0.292 e. The molecule has 0 saturated carbocycles. The number of nitro groups is 1. The fourth-order valence-corrected chi connectivity index (χ4v) is 2.32. The smallest absolute Gasteiger partial charge is 0.292 e. The van der Waals surface area contributed by atoms with Crippen LogP contribution in [0.3, 0.4) is 0 Å². The van der Waals surface area contributed by atoms with Gasteiger partial charge in [0.15, 0.2) is 0 Å². The van der Waals surface area contributed by atoms with Crippen LogP contribution in [0.15, 0.2) is 42.5 Å². The van der Waals surface area contributed by atoms with Gasteiger partial charge in [-0.1, -0.05) is 29.8 Å². The van der Waals surface area contributed by atoms with Crippen molar-refractivity contribution >= 4 is 17.3 Å². The number of nitrogens with one attached hydrogen (secondary N) is 2. The normalized spacial score (nSPS) is 10.2. The van der Waals surface area contributed by atoms with Crippen molar-refractivity contribution in [2.75, 3.05) is 18.4 Å². The first-order valence-electron chi connectivity index (χ1n) is 7.32. The van der Waals surface area contributed by atoms with Crippen molar-refractivity contribution in [2.45, 2.75) is 13.8 Å². The molecule has 0 heterocycles. The molecule has 0 aromatic heterocycles. The Bertz CT molecular complexity index is 729. The Hall–Kier alpha value is -2.89. The van der Waals surface area contributed by atoms with E-state index >= 15 is 0 Å². The minimum absolute atomic E-state index is 0.0215. The Morgan fingerprint density at radius 1 is 1.13 bits per heavy atom. The van der Waals surface area contributed by atoms with Crippen molar-refractivity contribution in [3.63, 3.8) is 0 Å². The fraction of sp³-hybridized carbons (Fsp3) is 0.235. The summed E-state index contributed by atoms with van der Waals surface area (Å²) in [7, 11) is 0. The van der Waals surface area contributed by atoms with Crippen LogP contribution in [0.5, 0.6) is 0 Å². The molecule has 2 aromatic rings. The number of nitro benzene ring substituents is 1. The van der Waals surface area contributed by atoms with Gasteiger partial charge >= 0.3 is 0 Å². The van der Waals surface area contributed by atoms with Crippen molar-refractivity contribution in [3.05, 3.63) is 69.3 Å². The van der Waals surface area contributed by atoms with E-state index in [1.54, 1.807) is 24.3 Å². The van der Waals surface area contributed by atoms with Crippen molar-refractivity contribution in [3.8, 4) is 0 Å². The zero-order valence-corrected chi connectivity index (χ0v) is 13.1. The van der Waals surface area contributed by atoms with E-state index in [0.29, 0.717) is 24.3 Å². The van der Waals surface area contributed by atoms with Crippen molar-refractivity contribution in [1.29, 1.82) is 0 Å². The van der Waals surface area contributed by atoms with E-state index in [9.17, 15) is 14.9 Å². The van der Waals surface area contributed by atoms with E-state index in [2.05, 4.69) is 10.6 Å². The number of carbonyl (C=O) groups excluding carboxylic acids is 1. The number of nitrogens with zero attached hydrogens (tertiary/aromatic N) is 1. The second-order valence-electron chi connectivity index (χ2n) is 5.28. The van der Waals surface area contributed by atoms with Gasteiger partial charge in [-0.05, 0) is 31.5 Å². The Balaban J connectivity index is 1.88. The Kier molecular flexibility index (Phi) is 5.30. The molecule has 0 spiro atoms. The number of aryl methyl sites for hydroxylation is 2. The number of para-hydroxylation sites is 2. The summed E-state index contributed by atoms with van der Waals surface area (Å²) in [5.74, 6) is -0.146. The van der Waals surface area contributed by atoms with E-state index in [4.69, 9.17) is 0 Å². The van der Waals surface area contributed by atoms with Gasteiger partial charge < -0.3 is 10.6 Å². The Labute approximate surface area is 134 Å². The van der Waals surface area contributed by atoms with Gasteiger partial charge in [-0.25, -0.2) is 0 Å². The van der Waals surface area contributed by atoms with Gasteiger partial charge in [-0.2, -0.15) is 0 Å². The quantitative estimate of drug-likeness (QED) is 0.488. The predicted molar refractivity (Wildman–Crippen MR) is 89.8 cm³/mol. The van der Waals surface area contributed by atoms with Crippen LogP contribution in [0, 0.1) is 24.0 Å². The predicted octanol–water partition coefficient (Wildman–Crippen LogP) is 3.05. The molecule has 2 N–H and O–H groups in total. The molecule has 0 radical (unpaired) electrons. The zero-order chi connectivity index (χ0) is 16.8. The molecule has 23 heavy (non-hydrogen) atoms. The zero-order valence-electron chi connectivity index (χ0n) is 13.1. The fourth-order valence-electron chi connectivity index (χ4n) is 2.32. The maximum atomic E-state index is 12.1. The number of hydrogen-bond donors (Lipinski definition) is 2. The highest BCUT2D eigenvalue weighted by Crippen LogP contribution is 2.22. The molecule has 2 rings (SSSR count). The molecule has 0 bridgehead atoms. The molecule has 1 amide bonds. The third kappa shape index (κ3) is 4.29. The molecule has 6 heteroatoms. The first-order chi connectivity index (χ1) is 11.0. The topological polar surface area (TPSA) is 84.3 Å². The van der Waals surface area contributed by atoms with Crippen LogP contribution < -0.4 is 10.6 Å². The number of anilines is 1. The van der Waals surface area contributed by atoms with Crippen LogP contribution in [0.4, 0.5) is 11.4 Å². The summed E-state index contributed by atoms with van der Waals surface area (Å²) < 4.78 is 0. The van der Waals surface area contributed by atoms with E-state index in [1.807, 2.05) is 26.0 Å². The second kappa shape index (κ2) is 7.40. The molecule has 2 aromatic carbocycles. The van der Waals surface area contributed by atoms with Gasteiger partial charge in [-0.15, -0.1) is 0 Å². The lowest BCUT2D eigenvalue weighted by atomic mass is 10.1. The lowest BCUT2D eigenvalue weighted by molar-refractivity contribution is -0.384. The number of benzene rings is 2. The second-order valence-corrected chi connectivity index (χ2v) is 5.28. The minimum atomic E-state index is -0.434. The average Bonchev–Trinajstić information content (AvgIpc) is 2.51. The van der Waals surface area contributed by atoms with Gasteiger partial charge in [0.25, 0.3) is 11.6 Å². The van der Waals surface area contributed by atoms with E-state index < -0.39 is 4.92 Å². The van der Waals surface area contributed by atoms with Crippen LogP contribution in [0.2, 0.25) is 0 Å². The lowest BCUT2D eigenvalue weighted by Gasteiger charge is -2.10. The summed E-state index contributed by atoms with van der Waals surface area (Å²) in [5.41, 5.74) is 3.14. The van der Waals surface area contributed by atoms with E-state index in [0.717, 1.165) is 11.1 Å². The molecule has 0 aliphatic rings. The van der Waals surface area contributed by atoms with Crippen molar-refractivity contribution in [1.82, 2.24) is 5.32 Å². The maximum absolute atomic E-state index is 12.1. The highest BCUT2D eigenvalue weighted by Gasteiger charge is 2.12. The third-order valence-electron chi connectivity index (χ3n) is 3.45. The highest BCUT2D eigenvalue weighted by molar-refractivity contribution is 5.95. The van der Waals surface area contributed by atoms with Crippen LogP contribution in [-0.2, 0) is 0 Å². The van der Waals surface area contributed by atoms with Crippen molar-refractivity contribution in [2.24, 2.45) is 0 Å². The number of carbonyl (C=O) groups is 1. The molecule has 120 valence electrons. The number of hydrogen-bond acceptors (Lipinski definition) is 4. The molecule has 6 nitrogen and oxygen atoms in total. The lowest BCUT2D eigenvalue weighted by Crippen LogP contribution is -2.29. The first kappa shape index (κ1) is 16.5. The Morgan fingerprint density at radius 3 is 2.57 bits per heavy atom. The molecular weight excluding hydrogens is 294 g/mol. The monoisotopic (exact) mass is 313 g/mol. The average molecular weight is 313 g/mol. The van der Waals surface area contributed by atoms with Gasteiger partial charge in [0, 0.05) is 24.7 Å². The first-order valence-corrected chi connectivity index (χ1v) is 7.32. The Morgan fingerprint density at radius 2 is 1.87 bits per heavy atom. The summed E-state index contributed by atoms with van der Waals surface area (Å²) in [5, 5.41) is 16.7. The summed E-state index contributed by atoms with van der Waals surface area (Å²) in [4.78, 5) is 22.6. The summed E-state index contributed by atoms with van der Waals surface area (Å²) >= 11 is 0. The summed E-state index contributed by atoms with van der Waals surface area (Å²) in [6.45, 7) is 4.65. The van der Waals surface area contributed by atoms with Crippen LogP contribution in [0.1, 0.15) is 21.5 Å². The van der Waals surface area contributed by atoms with E-state index in [-0.39, 0.29) is 11.6 Å². The highest BCUT2D eigenvalue weighted by atomic mass is 16.6. The van der Waals surface area contributed by atoms with Crippen molar-refractivity contribution < 1.29 is 9.72 Å². The van der Waals surface area contributed by atoms with Crippen LogP contribution in [0.25, 0.3) is 0 Å². The molecular formula is C17H19N3O3. The largest absolute Gasteiger partial charge is 0.378 e. The standard InChI is InChI=1S/C17H19N3O3/c1-12-7-8-14(13(2)11-12)17(21)19-10-9-18-15-5-3-4-6-16(15)20(22)23/h3-8,11,18H,9-10H2,1-2H3,(H,19,21). The van der Waals surface area contributed by atoms with Gasteiger partial charge in [0.1, 0.15) is 5.69 Å². The number of rotatable bonds is 6. The van der Waals surface area contributed by atoms with E-state index in [1.165, 1.54) is 6.07 Å². The van der Waals surface area contributed by atoms with Gasteiger partial charge in [0.05, 0.1) is 4.92 Å². The molecule has 0 fully saturated rings. The molecule has 0 aliphatic carbocycles. The molecule has 0 atom stereocenters. The summed E-state index contributed by atoms with van der Waals surface area (Å²) in [6, 6.07) is 12.1. The van der Waals surface area contributed by atoms with Gasteiger partial charge in [0.2, 0.25) is 0 Å². The van der Waals surface area contributed by atoms with Crippen LogP contribution in [-0.4, -0.2) is 23.9 Å². The molecule has 0 unspecified atom stereocenters. The molecule has 0 saturated heterocycles. The summed E-state index contributed by atoms with van der Waals surface area (Å²) in [6.07, 6.45) is 0. The van der Waals surface area contributed by atoms with Gasteiger partial charge in [-0.3, -0.25) is 14.9 Å². The minimum Gasteiger partial charge on any atom is -0.378 e. The molecule has 0 aliphatic heterocycles.